The lowest BCUT2D eigenvalue weighted by Gasteiger charge is -2.33. The first-order chi connectivity index (χ1) is 8.95. The Morgan fingerprint density at radius 2 is 2.00 bits per heavy atom. The highest BCUT2D eigenvalue weighted by molar-refractivity contribution is 5.21. The van der Waals surface area contributed by atoms with E-state index in [4.69, 9.17) is 5.73 Å². The van der Waals surface area contributed by atoms with Crippen LogP contribution in [0, 0.1) is 11.7 Å². The molecule has 0 fully saturated rings. The van der Waals surface area contributed by atoms with Crippen LogP contribution >= 0.6 is 0 Å². The number of likely N-dealkylation sites (N-methyl/N-ethyl adjacent to an activating group) is 1. The van der Waals surface area contributed by atoms with Crippen LogP contribution < -0.4 is 5.73 Å². The van der Waals surface area contributed by atoms with Gasteiger partial charge in [0.15, 0.2) is 0 Å². The van der Waals surface area contributed by atoms with Gasteiger partial charge in [-0.15, -0.1) is 0 Å². The number of halogens is 1. The maximum Gasteiger partial charge on any atom is 0.123 e. The van der Waals surface area contributed by atoms with E-state index in [0.717, 1.165) is 24.9 Å². The van der Waals surface area contributed by atoms with Gasteiger partial charge in [0.25, 0.3) is 0 Å². The molecule has 2 nitrogen and oxygen atoms in total. The van der Waals surface area contributed by atoms with Crippen LogP contribution in [0.1, 0.15) is 45.2 Å². The van der Waals surface area contributed by atoms with Gasteiger partial charge in [0.05, 0.1) is 0 Å². The highest BCUT2D eigenvalue weighted by Crippen LogP contribution is 2.25. The molecule has 0 bridgehead atoms. The number of benzene rings is 1. The molecule has 0 saturated heterocycles. The molecule has 0 aliphatic rings. The molecule has 0 radical (unpaired) electrons. The van der Waals surface area contributed by atoms with Gasteiger partial charge >= 0.3 is 0 Å². The summed E-state index contributed by atoms with van der Waals surface area (Å²) >= 11 is 0. The first kappa shape index (κ1) is 16.1. The summed E-state index contributed by atoms with van der Waals surface area (Å²) in [4.78, 5) is 2.25. The molecule has 0 aliphatic carbocycles. The molecule has 0 heterocycles. The zero-order valence-electron chi connectivity index (χ0n) is 12.6. The Morgan fingerprint density at radius 1 is 1.32 bits per heavy atom. The van der Waals surface area contributed by atoms with Gasteiger partial charge in [0.1, 0.15) is 5.82 Å². The van der Waals surface area contributed by atoms with Crippen molar-refractivity contribution in [1.29, 1.82) is 0 Å². The zero-order valence-corrected chi connectivity index (χ0v) is 12.6. The van der Waals surface area contributed by atoms with E-state index in [0.29, 0.717) is 5.92 Å². The molecular formula is C16H27FN2. The molecule has 3 heteroatoms. The summed E-state index contributed by atoms with van der Waals surface area (Å²) in [5.41, 5.74) is 7.22. The van der Waals surface area contributed by atoms with E-state index in [1.165, 1.54) is 6.07 Å². The van der Waals surface area contributed by atoms with Crippen LogP contribution in [0.5, 0.6) is 0 Å². The first-order valence-corrected chi connectivity index (χ1v) is 7.17. The molecule has 2 unspecified atom stereocenters. The molecule has 0 amide bonds. The van der Waals surface area contributed by atoms with Crippen LogP contribution in [0.3, 0.4) is 0 Å². The minimum Gasteiger partial charge on any atom is -0.326 e. The van der Waals surface area contributed by atoms with E-state index in [1.807, 2.05) is 6.07 Å². The summed E-state index contributed by atoms with van der Waals surface area (Å²) in [5, 5.41) is 0. The molecule has 2 N–H and O–H groups in total. The second-order valence-electron chi connectivity index (χ2n) is 5.74. The molecular weight excluding hydrogens is 239 g/mol. The average molecular weight is 266 g/mol. The fraction of sp³-hybridized carbons (Fsp3) is 0.625. The predicted octanol–water partition coefficient (Wildman–Crippen LogP) is 3.58. The van der Waals surface area contributed by atoms with Gasteiger partial charge < -0.3 is 5.73 Å². The van der Waals surface area contributed by atoms with Crippen molar-refractivity contribution in [2.45, 2.75) is 45.7 Å². The van der Waals surface area contributed by atoms with E-state index in [-0.39, 0.29) is 17.9 Å². The Bertz CT molecular complexity index is 379. The van der Waals surface area contributed by atoms with Crippen molar-refractivity contribution in [3.05, 3.63) is 35.6 Å². The number of hydrogen-bond acceptors (Lipinski definition) is 2. The van der Waals surface area contributed by atoms with Crippen LogP contribution in [0.25, 0.3) is 0 Å². The SMILES string of the molecule is CCC(N)C(c1cccc(F)c1)N(C)CCC(C)C. The summed E-state index contributed by atoms with van der Waals surface area (Å²) in [6.45, 7) is 7.48. The van der Waals surface area contributed by atoms with Gasteiger partial charge in [-0.05, 0) is 50.0 Å². The van der Waals surface area contributed by atoms with Crippen LogP contribution in [0.15, 0.2) is 24.3 Å². The fourth-order valence-corrected chi connectivity index (χ4v) is 2.34. The lowest BCUT2D eigenvalue weighted by atomic mass is 9.96. The monoisotopic (exact) mass is 266 g/mol. The highest BCUT2D eigenvalue weighted by atomic mass is 19.1. The predicted molar refractivity (Wildman–Crippen MR) is 79.5 cm³/mol. The van der Waals surface area contributed by atoms with E-state index in [1.54, 1.807) is 12.1 Å². The van der Waals surface area contributed by atoms with Gasteiger partial charge in [0.2, 0.25) is 0 Å². The second kappa shape index (κ2) is 7.61. The lowest BCUT2D eigenvalue weighted by molar-refractivity contribution is 0.199. The highest BCUT2D eigenvalue weighted by Gasteiger charge is 2.23. The Balaban J connectivity index is 2.88. The van der Waals surface area contributed by atoms with Crippen molar-refractivity contribution >= 4 is 0 Å². The van der Waals surface area contributed by atoms with Crippen molar-refractivity contribution < 1.29 is 4.39 Å². The number of rotatable bonds is 7. The Kier molecular flexibility index (Phi) is 6.46. The molecule has 1 rings (SSSR count). The summed E-state index contributed by atoms with van der Waals surface area (Å²) in [6.07, 6.45) is 2.01. The molecule has 0 spiro atoms. The molecule has 1 aromatic carbocycles. The third-order valence-electron chi connectivity index (χ3n) is 3.60. The summed E-state index contributed by atoms with van der Waals surface area (Å²) in [6, 6.07) is 6.92. The largest absolute Gasteiger partial charge is 0.326 e. The smallest absolute Gasteiger partial charge is 0.123 e. The third kappa shape index (κ3) is 4.92. The minimum absolute atomic E-state index is 0.0268. The minimum atomic E-state index is -0.192. The normalized spacial score (nSPS) is 14.9. The van der Waals surface area contributed by atoms with Crippen LogP contribution in [0.4, 0.5) is 4.39 Å². The van der Waals surface area contributed by atoms with Crippen molar-refractivity contribution in [3.8, 4) is 0 Å². The van der Waals surface area contributed by atoms with Gasteiger partial charge in [-0.25, -0.2) is 4.39 Å². The van der Waals surface area contributed by atoms with Crippen molar-refractivity contribution in [2.75, 3.05) is 13.6 Å². The maximum atomic E-state index is 13.4. The van der Waals surface area contributed by atoms with E-state index >= 15 is 0 Å². The van der Waals surface area contributed by atoms with Gasteiger partial charge in [0, 0.05) is 12.1 Å². The van der Waals surface area contributed by atoms with Crippen LogP contribution in [0.2, 0.25) is 0 Å². The molecule has 108 valence electrons. The molecule has 1 aromatic rings. The molecule has 0 aliphatic heterocycles. The maximum absolute atomic E-state index is 13.4. The van der Waals surface area contributed by atoms with Gasteiger partial charge in [-0.2, -0.15) is 0 Å². The van der Waals surface area contributed by atoms with Crippen molar-refractivity contribution in [2.24, 2.45) is 11.7 Å². The second-order valence-corrected chi connectivity index (χ2v) is 5.74. The Morgan fingerprint density at radius 3 is 2.53 bits per heavy atom. The Hall–Kier alpha value is -0.930. The first-order valence-electron chi connectivity index (χ1n) is 7.17. The zero-order chi connectivity index (χ0) is 14.4. The standard InChI is InChI=1S/C16H27FN2/c1-5-15(18)16(19(4)10-9-12(2)3)13-7-6-8-14(17)11-13/h6-8,11-12,15-16H,5,9-10,18H2,1-4H3. The average Bonchev–Trinajstić information content (AvgIpc) is 2.36. The van der Waals surface area contributed by atoms with E-state index < -0.39 is 0 Å². The van der Waals surface area contributed by atoms with Crippen molar-refractivity contribution in [3.63, 3.8) is 0 Å². The van der Waals surface area contributed by atoms with Crippen LogP contribution in [-0.4, -0.2) is 24.5 Å². The fourth-order valence-electron chi connectivity index (χ4n) is 2.34. The number of nitrogens with two attached hydrogens (primary N) is 1. The molecule has 19 heavy (non-hydrogen) atoms. The lowest BCUT2D eigenvalue weighted by Crippen LogP contribution is -2.39. The number of hydrogen-bond donors (Lipinski definition) is 1. The van der Waals surface area contributed by atoms with Gasteiger partial charge in [-0.1, -0.05) is 32.9 Å². The number of nitrogens with zero attached hydrogens (tertiary/aromatic N) is 1. The molecule has 0 saturated carbocycles. The molecule has 0 aromatic heterocycles. The van der Waals surface area contributed by atoms with Gasteiger partial charge in [-0.3, -0.25) is 4.90 Å². The Labute approximate surface area is 116 Å². The molecule has 2 atom stereocenters. The summed E-state index contributed by atoms with van der Waals surface area (Å²) in [7, 11) is 2.08. The van der Waals surface area contributed by atoms with Crippen LogP contribution in [-0.2, 0) is 0 Å². The quantitative estimate of drug-likeness (QED) is 0.817. The summed E-state index contributed by atoms with van der Waals surface area (Å²) < 4.78 is 13.4. The van der Waals surface area contributed by atoms with E-state index in [2.05, 4.69) is 32.7 Å². The topological polar surface area (TPSA) is 29.3 Å². The van der Waals surface area contributed by atoms with Crippen molar-refractivity contribution in [1.82, 2.24) is 4.90 Å². The van der Waals surface area contributed by atoms with E-state index in [9.17, 15) is 4.39 Å². The summed E-state index contributed by atoms with van der Waals surface area (Å²) in [5.74, 6) is 0.469. The third-order valence-corrected chi connectivity index (χ3v) is 3.60.